The fourth-order valence-electron chi connectivity index (χ4n) is 2.46. The molecule has 2 N–H and O–H groups in total. The third kappa shape index (κ3) is 6.10. The average Bonchev–Trinajstić information content (AvgIpc) is 3.10. The van der Waals surface area contributed by atoms with E-state index >= 15 is 0 Å². The van der Waals surface area contributed by atoms with Crippen LogP contribution in [-0.4, -0.2) is 47.5 Å². The van der Waals surface area contributed by atoms with Crippen molar-refractivity contribution in [3.63, 3.8) is 0 Å². The summed E-state index contributed by atoms with van der Waals surface area (Å²) in [7, 11) is 1.68. The Kier molecular flexibility index (Phi) is 7.75. The third-order valence-corrected chi connectivity index (χ3v) is 3.83. The molecule has 0 saturated heterocycles. The van der Waals surface area contributed by atoms with Crippen LogP contribution in [-0.2, 0) is 19.4 Å². The minimum absolute atomic E-state index is 0.731. The van der Waals surface area contributed by atoms with Gasteiger partial charge < -0.3 is 19.9 Å². The number of aliphatic imine (C=N–C) groups is 1. The Balaban J connectivity index is 1.80. The predicted octanol–water partition coefficient (Wildman–Crippen LogP) is 1.65. The molecular formula is C18H28N6O. The van der Waals surface area contributed by atoms with Crippen molar-refractivity contribution in [3.8, 4) is 5.75 Å². The molecule has 0 aliphatic heterocycles. The molecule has 0 aliphatic carbocycles. The van der Waals surface area contributed by atoms with E-state index < -0.39 is 0 Å². The van der Waals surface area contributed by atoms with Gasteiger partial charge in [0.1, 0.15) is 17.9 Å². The van der Waals surface area contributed by atoms with Crippen LogP contribution in [0.15, 0.2) is 35.6 Å². The van der Waals surface area contributed by atoms with Crippen LogP contribution in [0.3, 0.4) is 0 Å². The van der Waals surface area contributed by atoms with E-state index in [2.05, 4.69) is 56.4 Å². The molecule has 1 aromatic carbocycles. The normalized spacial score (nSPS) is 11.4. The van der Waals surface area contributed by atoms with E-state index in [-0.39, 0.29) is 0 Å². The van der Waals surface area contributed by atoms with Crippen molar-refractivity contribution in [2.24, 2.45) is 4.99 Å². The molecule has 0 unspecified atom stereocenters. The number of benzene rings is 1. The summed E-state index contributed by atoms with van der Waals surface area (Å²) in [4.78, 5) is 4.64. The Labute approximate surface area is 149 Å². The number of nitrogens with zero attached hydrogens (tertiary/aromatic N) is 4. The fourth-order valence-corrected chi connectivity index (χ4v) is 2.46. The second-order valence-electron chi connectivity index (χ2n) is 5.58. The summed E-state index contributed by atoms with van der Waals surface area (Å²) in [5.41, 5.74) is 1.25. The van der Waals surface area contributed by atoms with Gasteiger partial charge in [-0.2, -0.15) is 0 Å². The summed E-state index contributed by atoms with van der Waals surface area (Å²) in [6, 6.07) is 8.11. The van der Waals surface area contributed by atoms with Crippen molar-refractivity contribution in [1.82, 2.24) is 25.4 Å². The first-order chi connectivity index (χ1) is 12.3. The molecule has 136 valence electrons. The molecule has 2 rings (SSSR count). The smallest absolute Gasteiger partial charge is 0.191 e. The van der Waals surface area contributed by atoms with E-state index in [9.17, 15) is 0 Å². The van der Waals surface area contributed by atoms with Crippen molar-refractivity contribution in [2.75, 3.05) is 26.7 Å². The standard InChI is InChI=1S/C18H28N6O/c1-4-17-23-22-14-24(17)13-12-21-18(19-5-2)20-11-10-15-6-8-16(25-3)9-7-15/h6-9,14H,4-5,10-13H2,1-3H3,(H2,19,20,21). The number of nitrogens with one attached hydrogen (secondary N) is 2. The molecule has 0 bridgehead atoms. The van der Waals surface area contributed by atoms with Gasteiger partial charge in [-0.3, -0.25) is 4.99 Å². The van der Waals surface area contributed by atoms with Gasteiger partial charge in [0.25, 0.3) is 0 Å². The van der Waals surface area contributed by atoms with Crippen molar-refractivity contribution >= 4 is 5.96 Å². The highest BCUT2D eigenvalue weighted by Crippen LogP contribution is 2.11. The lowest BCUT2D eigenvalue weighted by atomic mass is 10.1. The summed E-state index contributed by atoms with van der Waals surface area (Å²) in [6.07, 6.45) is 3.55. The molecule has 7 heteroatoms. The SMILES string of the molecule is CCNC(=NCCc1ccc(OC)cc1)NCCn1cnnc1CC. The highest BCUT2D eigenvalue weighted by molar-refractivity contribution is 5.79. The van der Waals surface area contributed by atoms with Gasteiger partial charge in [-0.1, -0.05) is 19.1 Å². The molecule has 0 radical (unpaired) electrons. The number of aromatic nitrogens is 3. The zero-order valence-corrected chi connectivity index (χ0v) is 15.3. The van der Waals surface area contributed by atoms with Crippen LogP contribution >= 0.6 is 0 Å². The Morgan fingerprint density at radius 2 is 2.00 bits per heavy atom. The van der Waals surface area contributed by atoms with E-state index in [1.54, 1.807) is 13.4 Å². The summed E-state index contributed by atoms with van der Waals surface area (Å²) >= 11 is 0. The Morgan fingerprint density at radius 1 is 1.20 bits per heavy atom. The number of hydrogen-bond donors (Lipinski definition) is 2. The largest absolute Gasteiger partial charge is 0.497 e. The van der Waals surface area contributed by atoms with Crippen molar-refractivity contribution < 1.29 is 4.74 Å². The van der Waals surface area contributed by atoms with E-state index in [1.807, 2.05) is 12.1 Å². The van der Waals surface area contributed by atoms with E-state index in [1.165, 1.54) is 5.56 Å². The highest BCUT2D eigenvalue weighted by Gasteiger charge is 2.02. The topological polar surface area (TPSA) is 76.4 Å². The molecule has 0 atom stereocenters. The Morgan fingerprint density at radius 3 is 2.68 bits per heavy atom. The zero-order valence-electron chi connectivity index (χ0n) is 15.3. The number of guanidine groups is 1. The van der Waals surface area contributed by atoms with Gasteiger partial charge in [0.2, 0.25) is 0 Å². The summed E-state index contributed by atoms with van der Waals surface area (Å²) in [5.74, 6) is 2.72. The minimum Gasteiger partial charge on any atom is -0.497 e. The van der Waals surface area contributed by atoms with Crippen molar-refractivity contribution in [3.05, 3.63) is 42.0 Å². The van der Waals surface area contributed by atoms with Crippen LogP contribution in [0.5, 0.6) is 5.75 Å². The van der Waals surface area contributed by atoms with Gasteiger partial charge in [-0.25, -0.2) is 0 Å². The summed E-state index contributed by atoms with van der Waals surface area (Å²) in [5, 5.41) is 14.7. The van der Waals surface area contributed by atoms with Crippen LogP contribution in [0.25, 0.3) is 0 Å². The van der Waals surface area contributed by atoms with Crippen molar-refractivity contribution in [2.45, 2.75) is 33.2 Å². The van der Waals surface area contributed by atoms with Crippen LogP contribution in [0, 0.1) is 0 Å². The lowest BCUT2D eigenvalue weighted by Crippen LogP contribution is -2.39. The molecule has 25 heavy (non-hydrogen) atoms. The Bertz CT molecular complexity index is 650. The van der Waals surface area contributed by atoms with Crippen LogP contribution in [0.2, 0.25) is 0 Å². The zero-order chi connectivity index (χ0) is 17.9. The molecular weight excluding hydrogens is 316 g/mol. The average molecular weight is 344 g/mol. The third-order valence-electron chi connectivity index (χ3n) is 3.83. The van der Waals surface area contributed by atoms with Gasteiger partial charge in [0, 0.05) is 32.6 Å². The van der Waals surface area contributed by atoms with E-state index in [0.717, 1.165) is 56.6 Å². The minimum atomic E-state index is 0.731. The molecule has 0 spiro atoms. The molecule has 1 heterocycles. The lowest BCUT2D eigenvalue weighted by molar-refractivity contribution is 0.414. The second-order valence-corrected chi connectivity index (χ2v) is 5.58. The maximum Gasteiger partial charge on any atom is 0.191 e. The van der Waals surface area contributed by atoms with Crippen molar-refractivity contribution in [1.29, 1.82) is 0 Å². The molecule has 0 amide bonds. The van der Waals surface area contributed by atoms with Gasteiger partial charge in [0.05, 0.1) is 7.11 Å². The maximum atomic E-state index is 5.18. The quantitative estimate of drug-likeness (QED) is 0.534. The molecule has 7 nitrogen and oxygen atoms in total. The molecule has 0 fully saturated rings. The fraction of sp³-hybridized carbons (Fsp3) is 0.500. The summed E-state index contributed by atoms with van der Waals surface area (Å²) in [6.45, 7) is 7.31. The van der Waals surface area contributed by atoms with Crippen LogP contribution < -0.4 is 15.4 Å². The van der Waals surface area contributed by atoms with Gasteiger partial charge >= 0.3 is 0 Å². The predicted molar refractivity (Wildman–Crippen MR) is 100 cm³/mol. The van der Waals surface area contributed by atoms with Gasteiger partial charge in [-0.05, 0) is 31.0 Å². The van der Waals surface area contributed by atoms with Crippen LogP contribution in [0.1, 0.15) is 25.2 Å². The molecule has 1 aromatic heterocycles. The maximum absolute atomic E-state index is 5.18. The first-order valence-electron chi connectivity index (χ1n) is 8.78. The second kappa shape index (κ2) is 10.3. The number of rotatable bonds is 9. The van der Waals surface area contributed by atoms with Crippen LogP contribution in [0.4, 0.5) is 0 Å². The number of methoxy groups -OCH3 is 1. The first-order valence-corrected chi connectivity index (χ1v) is 8.78. The van der Waals surface area contributed by atoms with Gasteiger partial charge in [0.15, 0.2) is 5.96 Å². The number of ether oxygens (including phenoxy) is 1. The molecule has 2 aromatic rings. The van der Waals surface area contributed by atoms with E-state index in [0.29, 0.717) is 0 Å². The monoisotopic (exact) mass is 344 g/mol. The first kappa shape index (κ1) is 18.8. The van der Waals surface area contributed by atoms with E-state index in [4.69, 9.17) is 4.74 Å². The van der Waals surface area contributed by atoms with Gasteiger partial charge in [-0.15, -0.1) is 10.2 Å². The Hall–Kier alpha value is -2.57. The lowest BCUT2D eigenvalue weighted by Gasteiger charge is -2.12. The number of aryl methyl sites for hydroxylation is 1. The molecule has 0 saturated carbocycles. The number of hydrogen-bond acceptors (Lipinski definition) is 4. The summed E-state index contributed by atoms with van der Waals surface area (Å²) < 4.78 is 7.24. The molecule has 0 aliphatic rings. The highest BCUT2D eigenvalue weighted by atomic mass is 16.5.